The fourth-order valence-corrected chi connectivity index (χ4v) is 8.91. The number of para-hydroxylation sites is 1. The van der Waals surface area contributed by atoms with Crippen molar-refractivity contribution in [2.75, 3.05) is 0 Å². The van der Waals surface area contributed by atoms with Gasteiger partial charge in [-0.1, -0.05) is 127 Å². The average molecular weight is 682 g/mol. The van der Waals surface area contributed by atoms with Crippen LogP contribution >= 0.6 is 11.3 Å². The van der Waals surface area contributed by atoms with E-state index in [2.05, 4.69) is 133 Å². The Labute approximate surface area is 302 Å². The number of hydrogen-bond acceptors (Lipinski definition) is 5. The molecule has 0 atom stereocenters. The summed E-state index contributed by atoms with van der Waals surface area (Å²) in [5.74, 6) is 1.85. The number of furan rings is 1. The molecule has 0 unspecified atom stereocenters. The van der Waals surface area contributed by atoms with Gasteiger partial charge in [-0.3, -0.25) is 0 Å². The second kappa shape index (κ2) is 11.4. The molecule has 52 heavy (non-hydrogen) atoms. The standard InChI is InChI=1S/C47H27N3OS/c1-2-13-28(14-3-1)45-48-46(37-25-29-15-4-5-16-31(29)33-17-6-7-18-34(33)37)50-47(49-45)38-26-30(27-40-43(38)35-19-8-10-22-39(35)51-40)32-21-12-24-42-44(32)36-20-9-11-23-41(36)52-42/h1-27H. The molecule has 3 heterocycles. The quantitative estimate of drug-likeness (QED) is 0.174. The van der Waals surface area contributed by atoms with E-state index in [9.17, 15) is 0 Å². The van der Waals surface area contributed by atoms with Crippen molar-refractivity contribution in [2.24, 2.45) is 0 Å². The molecular weight excluding hydrogens is 655 g/mol. The van der Waals surface area contributed by atoms with Crippen molar-refractivity contribution >= 4 is 75.0 Å². The van der Waals surface area contributed by atoms with Crippen LogP contribution in [0.4, 0.5) is 0 Å². The number of hydrogen-bond donors (Lipinski definition) is 0. The zero-order valence-corrected chi connectivity index (χ0v) is 28.6. The average Bonchev–Trinajstić information content (AvgIpc) is 3.79. The van der Waals surface area contributed by atoms with E-state index in [1.165, 1.54) is 30.9 Å². The second-order valence-corrected chi connectivity index (χ2v) is 14.2. The third-order valence-corrected chi connectivity index (χ3v) is 11.2. The first-order valence-corrected chi connectivity index (χ1v) is 18.2. The van der Waals surface area contributed by atoms with Gasteiger partial charge in [-0.15, -0.1) is 11.3 Å². The third-order valence-electron chi connectivity index (χ3n) is 10.1. The van der Waals surface area contributed by atoms with Crippen molar-refractivity contribution in [3.8, 4) is 45.3 Å². The molecule has 0 saturated carbocycles. The van der Waals surface area contributed by atoms with Gasteiger partial charge in [0.2, 0.25) is 0 Å². The summed E-state index contributed by atoms with van der Waals surface area (Å²) >= 11 is 1.82. The highest BCUT2D eigenvalue weighted by molar-refractivity contribution is 7.25. The molecular formula is C47H27N3OS. The van der Waals surface area contributed by atoms with Crippen molar-refractivity contribution < 1.29 is 4.42 Å². The van der Waals surface area contributed by atoms with Crippen LogP contribution in [0, 0.1) is 0 Å². The van der Waals surface area contributed by atoms with E-state index in [1.807, 2.05) is 41.7 Å². The van der Waals surface area contributed by atoms with E-state index in [-0.39, 0.29) is 0 Å². The molecule has 0 amide bonds. The van der Waals surface area contributed by atoms with E-state index in [0.29, 0.717) is 17.5 Å². The molecule has 242 valence electrons. The lowest BCUT2D eigenvalue weighted by Gasteiger charge is -2.13. The largest absolute Gasteiger partial charge is 0.456 e. The second-order valence-electron chi connectivity index (χ2n) is 13.1. The normalized spacial score (nSPS) is 11.8. The SMILES string of the molecule is c1ccc(-c2nc(-c3cc4ccccc4c4ccccc34)nc(-c3cc(-c4cccc5sc6ccccc6c45)cc4oc5ccccc5c34)n2)cc1. The van der Waals surface area contributed by atoms with Crippen LogP contribution in [0.15, 0.2) is 168 Å². The van der Waals surface area contributed by atoms with E-state index >= 15 is 0 Å². The summed E-state index contributed by atoms with van der Waals surface area (Å²) < 4.78 is 9.15. The summed E-state index contributed by atoms with van der Waals surface area (Å²) in [6, 6.07) is 57.3. The first-order chi connectivity index (χ1) is 25.8. The molecule has 11 aromatic rings. The minimum atomic E-state index is 0.599. The van der Waals surface area contributed by atoms with Crippen LogP contribution in [0.3, 0.4) is 0 Å². The lowest BCUT2D eigenvalue weighted by Crippen LogP contribution is -2.01. The molecule has 8 aromatic carbocycles. The molecule has 0 spiro atoms. The fraction of sp³-hybridized carbons (Fsp3) is 0. The van der Waals surface area contributed by atoms with Crippen LogP contribution in [0.2, 0.25) is 0 Å². The van der Waals surface area contributed by atoms with Gasteiger partial charge in [-0.2, -0.15) is 0 Å². The van der Waals surface area contributed by atoms with Crippen LogP contribution in [0.5, 0.6) is 0 Å². The van der Waals surface area contributed by atoms with Crippen LogP contribution in [0.25, 0.3) is 109 Å². The smallest absolute Gasteiger partial charge is 0.164 e. The van der Waals surface area contributed by atoms with Gasteiger partial charge in [0.1, 0.15) is 11.2 Å². The first kappa shape index (κ1) is 29.1. The summed E-state index contributed by atoms with van der Waals surface area (Å²) in [6.45, 7) is 0. The van der Waals surface area contributed by atoms with E-state index < -0.39 is 0 Å². The van der Waals surface area contributed by atoms with E-state index in [0.717, 1.165) is 60.5 Å². The van der Waals surface area contributed by atoms with Crippen molar-refractivity contribution in [1.29, 1.82) is 0 Å². The Morgan fingerprint density at radius 3 is 1.88 bits per heavy atom. The summed E-state index contributed by atoms with van der Waals surface area (Å²) in [7, 11) is 0. The molecule has 11 rings (SSSR count). The van der Waals surface area contributed by atoms with Crippen molar-refractivity contribution in [3.63, 3.8) is 0 Å². The zero-order valence-electron chi connectivity index (χ0n) is 27.7. The zero-order chi connectivity index (χ0) is 34.2. The van der Waals surface area contributed by atoms with E-state index in [1.54, 1.807) is 0 Å². The Hall–Kier alpha value is -6.69. The van der Waals surface area contributed by atoms with Gasteiger partial charge in [-0.25, -0.2) is 15.0 Å². The Bertz CT molecular complexity index is 3200. The molecule has 0 fully saturated rings. The molecule has 0 aliphatic rings. The molecule has 0 aliphatic carbocycles. The number of aromatic nitrogens is 3. The van der Waals surface area contributed by atoms with Gasteiger partial charge in [0.15, 0.2) is 17.5 Å². The summed E-state index contributed by atoms with van der Waals surface area (Å²) in [4.78, 5) is 15.8. The van der Waals surface area contributed by atoms with Crippen LogP contribution < -0.4 is 0 Å². The molecule has 4 nitrogen and oxygen atoms in total. The predicted molar refractivity (Wildman–Crippen MR) is 217 cm³/mol. The number of thiophene rings is 1. The lowest BCUT2D eigenvalue weighted by atomic mass is 9.95. The van der Waals surface area contributed by atoms with Gasteiger partial charge in [0.05, 0.1) is 0 Å². The molecule has 0 saturated heterocycles. The third kappa shape index (κ3) is 4.50. The van der Waals surface area contributed by atoms with Crippen molar-refractivity contribution in [2.45, 2.75) is 0 Å². The Kier molecular flexibility index (Phi) is 6.39. The number of benzene rings is 8. The highest BCUT2D eigenvalue weighted by atomic mass is 32.1. The number of fused-ring (bicyclic) bond motifs is 9. The molecule has 0 bridgehead atoms. The molecule has 0 radical (unpaired) electrons. The Morgan fingerprint density at radius 2 is 1.02 bits per heavy atom. The maximum absolute atomic E-state index is 6.62. The molecule has 0 N–H and O–H groups in total. The lowest BCUT2D eigenvalue weighted by molar-refractivity contribution is 0.669. The van der Waals surface area contributed by atoms with Crippen molar-refractivity contribution in [3.05, 3.63) is 164 Å². The summed E-state index contributed by atoms with van der Waals surface area (Å²) in [6.07, 6.45) is 0. The highest BCUT2D eigenvalue weighted by Crippen LogP contribution is 2.44. The monoisotopic (exact) mass is 681 g/mol. The molecule has 5 heteroatoms. The van der Waals surface area contributed by atoms with Gasteiger partial charge < -0.3 is 4.42 Å². The van der Waals surface area contributed by atoms with Gasteiger partial charge in [-0.05, 0) is 69.1 Å². The number of rotatable bonds is 4. The molecule has 3 aromatic heterocycles. The number of nitrogens with zero attached hydrogens (tertiary/aromatic N) is 3. The summed E-state index contributed by atoms with van der Waals surface area (Å²) in [5, 5.41) is 9.12. The van der Waals surface area contributed by atoms with Gasteiger partial charge in [0.25, 0.3) is 0 Å². The topological polar surface area (TPSA) is 51.8 Å². The minimum Gasteiger partial charge on any atom is -0.456 e. The summed E-state index contributed by atoms with van der Waals surface area (Å²) in [5.41, 5.74) is 6.62. The predicted octanol–water partition coefficient (Wildman–Crippen LogP) is 13.1. The van der Waals surface area contributed by atoms with Crippen LogP contribution in [-0.4, -0.2) is 15.0 Å². The Morgan fingerprint density at radius 1 is 0.365 bits per heavy atom. The Balaban J connectivity index is 1.25. The molecule has 0 aliphatic heterocycles. The van der Waals surface area contributed by atoms with Gasteiger partial charge >= 0.3 is 0 Å². The maximum Gasteiger partial charge on any atom is 0.164 e. The van der Waals surface area contributed by atoms with Crippen LogP contribution in [0.1, 0.15) is 0 Å². The van der Waals surface area contributed by atoms with Crippen LogP contribution in [-0.2, 0) is 0 Å². The highest BCUT2D eigenvalue weighted by Gasteiger charge is 2.22. The van der Waals surface area contributed by atoms with Gasteiger partial charge in [0, 0.05) is 47.6 Å². The fourth-order valence-electron chi connectivity index (χ4n) is 7.77. The minimum absolute atomic E-state index is 0.599. The van der Waals surface area contributed by atoms with E-state index in [4.69, 9.17) is 19.4 Å². The maximum atomic E-state index is 6.62. The van der Waals surface area contributed by atoms with Crippen molar-refractivity contribution in [1.82, 2.24) is 15.0 Å². The first-order valence-electron chi connectivity index (χ1n) is 17.4.